The van der Waals surface area contributed by atoms with Crippen LogP contribution in [0.15, 0.2) is 18.2 Å². The lowest BCUT2D eigenvalue weighted by Gasteiger charge is -2.19. The SMILES string of the molecule is Cc1ccc(C(=O)Nc2nc(C3CCNCC3)nn2C)c(C)c1.Cl. The molecular formula is C17H24ClN5O. The van der Waals surface area contributed by atoms with E-state index in [4.69, 9.17) is 0 Å². The second kappa shape index (κ2) is 7.77. The molecule has 3 rings (SSSR count). The zero-order chi connectivity index (χ0) is 16.4. The molecule has 24 heavy (non-hydrogen) atoms. The first-order valence-electron chi connectivity index (χ1n) is 8.05. The Morgan fingerprint density at radius 3 is 2.67 bits per heavy atom. The third kappa shape index (κ3) is 3.94. The number of anilines is 1. The molecule has 1 aliphatic heterocycles. The van der Waals surface area contributed by atoms with Crippen LogP contribution < -0.4 is 10.6 Å². The number of piperidine rings is 1. The van der Waals surface area contributed by atoms with Crippen LogP contribution in [0.2, 0.25) is 0 Å². The van der Waals surface area contributed by atoms with Crippen LogP contribution in [0.4, 0.5) is 5.95 Å². The predicted molar refractivity (Wildman–Crippen MR) is 97.0 cm³/mol. The first-order chi connectivity index (χ1) is 11.0. The molecule has 1 aliphatic rings. The summed E-state index contributed by atoms with van der Waals surface area (Å²) in [5.41, 5.74) is 2.77. The molecule has 1 fully saturated rings. The maximum Gasteiger partial charge on any atom is 0.258 e. The van der Waals surface area contributed by atoms with E-state index in [0.29, 0.717) is 17.4 Å². The lowest BCUT2D eigenvalue weighted by molar-refractivity contribution is 0.102. The van der Waals surface area contributed by atoms with Crippen LogP contribution >= 0.6 is 12.4 Å². The van der Waals surface area contributed by atoms with Crippen molar-refractivity contribution in [1.82, 2.24) is 20.1 Å². The van der Waals surface area contributed by atoms with Crippen LogP contribution in [-0.2, 0) is 7.05 Å². The predicted octanol–water partition coefficient (Wildman–Crippen LogP) is 2.57. The summed E-state index contributed by atoms with van der Waals surface area (Å²) >= 11 is 0. The van der Waals surface area contributed by atoms with Crippen molar-refractivity contribution in [3.05, 3.63) is 40.7 Å². The van der Waals surface area contributed by atoms with E-state index in [1.807, 2.05) is 39.1 Å². The van der Waals surface area contributed by atoms with Gasteiger partial charge in [-0.1, -0.05) is 17.7 Å². The molecule has 0 atom stereocenters. The Morgan fingerprint density at radius 1 is 1.29 bits per heavy atom. The van der Waals surface area contributed by atoms with Crippen LogP contribution in [0.3, 0.4) is 0 Å². The zero-order valence-electron chi connectivity index (χ0n) is 14.3. The minimum Gasteiger partial charge on any atom is -0.317 e. The number of amides is 1. The van der Waals surface area contributed by atoms with E-state index >= 15 is 0 Å². The number of benzene rings is 1. The van der Waals surface area contributed by atoms with Gasteiger partial charge in [0.1, 0.15) is 0 Å². The van der Waals surface area contributed by atoms with Crippen molar-refractivity contribution in [3.8, 4) is 0 Å². The number of rotatable bonds is 3. The minimum absolute atomic E-state index is 0. The van der Waals surface area contributed by atoms with E-state index in [0.717, 1.165) is 42.9 Å². The summed E-state index contributed by atoms with van der Waals surface area (Å²) < 4.78 is 1.65. The molecule has 0 spiro atoms. The molecule has 1 aromatic carbocycles. The van der Waals surface area contributed by atoms with Gasteiger partial charge in [0.15, 0.2) is 5.82 Å². The molecule has 7 heteroatoms. The topological polar surface area (TPSA) is 71.8 Å². The highest BCUT2D eigenvalue weighted by molar-refractivity contribution is 6.04. The van der Waals surface area contributed by atoms with Crippen molar-refractivity contribution in [2.24, 2.45) is 7.05 Å². The standard InChI is InChI=1S/C17H23N5O.ClH/c1-11-4-5-14(12(2)10-11)16(23)20-17-19-15(21-22(17)3)13-6-8-18-9-7-13;/h4-5,10,13,18H,6-9H2,1-3H3,(H,19,20,21,23);1H. The van der Waals surface area contributed by atoms with E-state index in [1.54, 1.807) is 4.68 Å². The number of hydrogen-bond acceptors (Lipinski definition) is 4. The van der Waals surface area contributed by atoms with E-state index < -0.39 is 0 Å². The summed E-state index contributed by atoms with van der Waals surface area (Å²) in [4.78, 5) is 17.0. The van der Waals surface area contributed by atoms with Gasteiger partial charge < -0.3 is 5.32 Å². The molecule has 1 amide bonds. The molecule has 2 aromatic rings. The number of hydrogen-bond donors (Lipinski definition) is 2. The van der Waals surface area contributed by atoms with Crippen LogP contribution in [0.25, 0.3) is 0 Å². The van der Waals surface area contributed by atoms with Gasteiger partial charge in [0, 0.05) is 18.5 Å². The number of aromatic nitrogens is 3. The van der Waals surface area contributed by atoms with Gasteiger partial charge in [0.2, 0.25) is 5.95 Å². The fourth-order valence-electron chi connectivity index (χ4n) is 3.00. The van der Waals surface area contributed by atoms with Crippen LogP contribution in [-0.4, -0.2) is 33.8 Å². The number of carbonyl (C=O) groups excluding carboxylic acids is 1. The minimum atomic E-state index is -0.144. The maximum absolute atomic E-state index is 12.5. The lowest BCUT2D eigenvalue weighted by atomic mass is 9.98. The zero-order valence-corrected chi connectivity index (χ0v) is 15.1. The summed E-state index contributed by atoms with van der Waals surface area (Å²) in [6.45, 7) is 5.95. The molecule has 0 bridgehead atoms. The molecule has 6 nitrogen and oxygen atoms in total. The van der Waals surface area contributed by atoms with Gasteiger partial charge >= 0.3 is 0 Å². The average Bonchev–Trinajstić information content (AvgIpc) is 2.89. The van der Waals surface area contributed by atoms with Gasteiger partial charge in [0.05, 0.1) is 0 Å². The van der Waals surface area contributed by atoms with E-state index in [2.05, 4.69) is 20.7 Å². The first-order valence-corrected chi connectivity index (χ1v) is 8.05. The molecule has 0 unspecified atom stereocenters. The van der Waals surface area contributed by atoms with Crippen molar-refractivity contribution in [1.29, 1.82) is 0 Å². The van der Waals surface area contributed by atoms with Crippen molar-refractivity contribution in [2.75, 3.05) is 18.4 Å². The second-order valence-electron chi connectivity index (χ2n) is 6.21. The van der Waals surface area contributed by atoms with E-state index in [9.17, 15) is 4.79 Å². The van der Waals surface area contributed by atoms with Gasteiger partial charge in [-0.2, -0.15) is 10.1 Å². The first kappa shape index (κ1) is 18.4. The highest BCUT2D eigenvalue weighted by Crippen LogP contribution is 2.23. The highest BCUT2D eigenvalue weighted by Gasteiger charge is 2.21. The van der Waals surface area contributed by atoms with Crippen molar-refractivity contribution < 1.29 is 4.79 Å². The maximum atomic E-state index is 12.5. The number of halogens is 1. The van der Waals surface area contributed by atoms with Crippen molar-refractivity contribution in [2.45, 2.75) is 32.6 Å². The van der Waals surface area contributed by atoms with Gasteiger partial charge in [-0.15, -0.1) is 12.4 Å². The normalized spacial score (nSPS) is 15.0. The molecule has 2 N–H and O–H groups in total. The van der Waals surface area contributed by atoms with Crippen LogP contribution in [0, 0.1) is 13.8 Å². The second-order valence-corrected chi connectivity index (χ2v) is 6.21. The molecule has 1 saturated heterocycles. The van der Waals surface area contributed by atoms with Gasteiger partial charge in [0.25, 0.3) is 5.91 Å². The van der Waals surface area contributed by atoms with E-state index in [1.165, 1.54) is 0 Å². The smallest absolute Gasteiger partial charge is 0.258 e. The van der Waals surface area contributed by atoms with Gasteiger partial charge in [-0.25, -0.2) is 4.68 Å². The lowest BCUT2D eigenvalue weighted by Crippen LogP contribution is -2.27. The number of aryl methyl sites for hydroxylation is 3. The molecule has 2 heterocycles. The Bertz CT molecular complexity index is 722. The van der Waals surface area contributed by atoms with Crippen LogP contribution in [0.5, 0.6) is 0 Å². The summed E-state index contributed by atoms with van der Waals surface area (Å²) in [6.07, 6.45) is 2.07. The fourth-order valence-corrected chi connectivity index (χ4v) is 3.00. The number of nitrogens with one attached hydrogen (secondary N) is 2. The number of nitrogens with zero attached hydrogens (tertiary/aromatic N) is 3. The molecule has 130 valence electrons. The molecule has 0 radical (unpaired) electrons. The van der Waals surface area contributed by atoms with Crippen molar-refractivity contribution >= 4 is 24.3 Å². The Kier molecular flexibility index (Phi) is 5.96. The monoisotopic (exact) mass is 349 g/mol. The Hall–Kier alpha value is -1.92. The fraction of sp³-hybridized carbons (Fsp3) is 0.471. The molecule has 0 aliphatic carbocycles. The third-order valence-electron chi connectivity index (χ3n) is 4.34. The third-order valence-corrected chi connectivity index (χ3v) is 4.34. The Balaban J connectivity index is 0.00000208. The largest absolute Gasteiger partial charge is 0.317 e. The summed E-state index contributed by atoms with van der Waals surface area (Å²) in [5, 5.41) is 10.7. The van der Waals surface area contributed by atoms with E-state index in [-0.39, 0.29) is 18.3 Å². The van der Waals surface area contributed by atoms with Crippen LogP contribution in [0.1, 0.15) is 46.1 Å². The molecule has 0 saturated carbocycles. The summed E-state index contributed by atoms with van der Waals surface area (Å²) in [6, 6.07) is 5.80. The Morgan fingerprint density at radius 2 is 2.00 bits per heavy atom. The average molecular weight is 350 g/mol. The van der Waals surface area contributed by atoms with Gasteiger partial charge in [-0.05, 0) is 51.4 Å². The summed E-state index contributed by atoms with van der Waals surface area (Å²) in [7, 11) is 1.81. The highest BCUT2D eigenvalue weighted by atomic mass is 35.5. The Labute approximate surface area is 148 Å². The summed E-state index contributed by atoms with van der Waals surface area (Å²) in [5.74, 6) is 1.55. The van der Waals surface area contributed by atoms with Crippen molar-refractivity contribution in [3.63, 3.8) is 0 Å². The molecule has 1 aromatic heterocycles. The number of carbonyl (C=O) groups is 1. The quantitative estimate of drug-likeness (QED) is 0.893. The molecular weight excluding hydrogens is 326 g/mol. The van der Waals surface area contributed by atoms with Gasteiger partial charge in [-0.3, -0.25) is 10.1 Å².